The SMILES string of the molecule is Cc1nn(C)c2ccc(Oc3ccnc(-c4ccc(C(N)=O)c(Cl)c4)c3)cc12. The lowest BCUT2D eigenvalue weighted by molar-refractivity contribution is 0.100. The normalized spacial score (nSPS) is 11.0. The third kappa shape index (κ3) is 3.30. The molecule has 2 heterocycles. The van der Waals surface area contributed by atoms with E-state index in [4.69, 9.17) is 22.1 Å². The zero-order valence-corrected chi connectivity index (χ0v) is 16.1. The van der Waals surface area contributed by atoms with Crippen molar-refractivity contribution in [3.8, 4) is 22.8 Å². The highest BCUT2D eigenvalue weighted by molar-refractivity contribution is 6.34. The summed E-state index contributed by atoms with van der Waals surface area (Å²) in [4.78, 5) is 15.7. The van der Waals surface area contributed by atoms with Gasteiger partial charge in [0.05, 0.1) is 27.5 Å². The summed E-state index contributed by atoms with van der Waals surface area (Å²) in [6.45, 7) is 1.97. The predicted octanol–water partition coefficient (Wildman–Crippen LogP) is 4.49. The van der Waals surface area contributed by atoms with Crippen LogP contribution in [0, 0.1) is 6.92 Å². The number of carbonyl (C=O) groups excluding carboxylic acids is 1. The number of hydrogen-bond donors (Lipinski definition) is 1. The number of nitrogens with two attached hydrogens (primary N) is 1. The van der Waals surface area contributed by atoms with E-state index in [-0.39, 0.29) is 10.6 Å². The summed E-state index contributed by atoms with van der Waals surface area (Å²) in [5, 5.41) is 5.76. The molecular formula is C21H17ClN4O2. The minimum Gasteiger partial charge on any atom is -0.457 e. The van der Waals surface area contributed by atoms with Gasteiger partial charge in [0.25, 0.3) is 0 Å². The molecule has 0 aliphatic rings. The lowest BCUT2D eigenvalue weighted by atomic mass is 10.1. The van der Waals surface area contributed by atoms with E-state index in [0.29, 0.717) is 17.2 Å². The number of aryl methyl sites for hydroxylation is 2. The van der Waals surface area contributed by atoms with Crippen molar-refractivity contribution >= 4 is 28.4 Å². The molecule has 0 aliphatic heterocycles. The van der Waals surface area contributed by atoms with Crippen LogP contribution in [0.4, 0.5) is 0 Å². The number of rotatable bonds is 4. The van der Waals surface area contributed by atoms with Crippen LogP contribution in [-0.4, -0.2) is 20.7 Å². The van der Waals surface area contributed by atoms with Crippen molar-refractivity contribution in [2.45, 2.75) is 6.92 Å². The lowest BCUT2D eigenvalue weighted by Gasteiger charge is -2.09. The Morgan fingerprint density at radius 3 is 2.64 bits per heavy atom. The first-order valence-electron chi connectivity index (χ1n) is 8.59. The Kier molecular flexibility index (Phi) is 4.49. The van der Waals surface area contributed by atoms with Gasteiger partial charge in [-0.2, -0.15) is 5.10 Å². The van der Waals surface area contributed by atoms with Crippen molar-refractivity contribution in [3.63, 3.8) is 0 Å². The summed E-state index contributed by atoms with van der Waals surface area (Å²) < 4.78 is 7.87. The molecule has 0 saturated carbocycles. The van der Waals surface area contributed by atoms with Gasteiger partial charge in [0.2, 0.25) is 5.91 Å². The first-order chi connectivity index (χ1) is 13.4. The zero-order valence-electron chi connectivity index (χ0n) is 15.3. The Hall–Kier alpha value is -3.38. The van der Waals surface area contributed by atoms with Gasteiger partial charge in [-0.15, -0.1) is 0 Å². The molecular weight excluding hydrogens is 376 g/mol. The third-order valence-electron chi connectivity index (χ3n) is 4.50. The second-order valence-electron chi connectivity index (χ2n) is 6.43. The van der Waals surface area contributed by atoms with Gasteiger partial charge in [0, 0.05) is 30.3 Å². The molecule has 0 unspecified atom stereocenters. The molecule has 0 spiro atoms. The van der Waals surface area contributed by atoms with Crippen LogP contribution >= 0.6 is 11.6 Å². The number of fused-ring (bicyclic) bond motifs is 1. The van der Waals surface area contributed by atoms with E-state index in [2.05, 4.69) is 10.1 Å². The van der Waals surface area contributed by atoms with Crippen molar-refractivity contribution in [2.24, 2.45) is 12.8 Å². The van der Waals surface area contributed by atoms with Gasteiger partial charge in [0.1, 0.15) is 11.5 Å². The molecule has 4 aromatic rings. The van der Waals surface area contributed by atoms with Crippen LogP contribution < -0.4 is 10.5 Å². The van der Waals surface area contributed by atoms with Gasteiger partial charge in [-0.3, -0.25) is 14.5 Å². The maximum atomic E-state index is 11.3. The van der Waals surface area contributed by atoms with Crippen LogP contribution in [0.15, 0.2) is 54.7 Å². The minimum absolute atomic E-state index is 0.276. The number of benzene rings is 2. The summed E-state index contributed by atoms with van der Waals surface area (Å²) in [5.41, 5.74) is 9.01. The minimum atomic E-state index is -0.567. The van der Waals surface area contributed by atoms with E-state index in [0.717, 1.165) is 22.2 Å². The zero-order chi connectivity index (χ0) is 19.8. The summed E-state index contributed by atoms with van der Waals surface area (Å²) in [7, 11) is 1.92. The lowest BCUT2D eigenvalue weighted by Crippen LogP contribution is -2.11. The van der Waals surface area contributed by atoms with E-state index in [1.807, 2.05) is 42.9 Å². The fraction of sp³-hybridized carbons (Fsp3) is 0.0952. The first-order valence-corrected chi connectivity index (χ1v) is 8.97. The van der Waals surface area contributed by atoms with Crippen molar-refractivity contribution in [1.29, 1.82) is 0 Å². The number of amides is 1. The van der Waals surface area contributed by atoms with Crippen LogP contribution in [0.5, 0.6) is 11.5 Å². The maximum absolute atomic E-state index is 11.3. The number of nitrogens with zero attached hydrogens (tertiary/aromatic N) is 3. The molecule has 28 heavy (non-hydrogen) atoms. The van der Waals surface area contributed by atoms with Crippen LogP contribution in [0.3, 0.4) is 0 Å². The van der Waals surface area contributed by atoms with Gasteiger partial charge < -0.3 is 10.5 Å². The second kappa shape index (κ2) is 6.98. The highest BCUT2D eigenvalue weighted by Gasteiger charge is 2.11. The van der Waals surface area contributed by atoms with Crippen molar-refractivity contribution in [3.05, 3.63) is 71.0 Å². The Bertz CT molecular complexity index is 1220. The third-order valence-corrected chi connectivity index (χ3v) is 4.82. The molecule has 2 aromatic heterocycles. The maximum Gasteiger partial charge on any atom is 0.250 e. The number of primary amides is 1. The number of pyridine rings is 1. The second-order valence-corrected chi connectivity index (χ2v) is 6.83. The molecule has 0 fully saturated rings. The number of halogens is 1. The Morgan fingerprint density at radius 1 is 1.11 bits per heavy atom. The van der Waals surface area contributed by atoms with Gasteiger partial charge >= 0.3 is 0 Å². The van der Waals surface area contributed by atoms with E-state index < -0.39 is 5.91 Å². The van der Waals surface area contributed by atoms with E-state index in [1.54, 1.807) is 30.5 Å². The highest BCUT2D eigenvalue weighted by Crippen LogP contribution is 2.30. The van der Waals surface area contributed by atoms with Crippen LogP contribution in [0.2, 0.25) is 5.02 Å². The molecule has 2 aromatic carbocycles. The van der Waals surface area contributed by atoms with Gasteiger partial charge in [-0.25, -0.2) is 0 Å². The standard InChI is InChI=1S/C21H17ClN4O2/c1-12-17-10-14(4-6-20(17)26(2)25-12)28-15-7-8-24-19(11-15)13-3-5-16(21(23)27)18(22)9-13/h3-11H,1-2H3,(H2,23,27). The quantitative estimate of drug-likeness (QED) is 0.554. The predicted molar refractivity (Wildman–Crippen MR) is 109 cm³/mol. The molecule has 0 atom stereocenters. The monoisotopic (exact) mass is 392 g/mol. The van der Waals surface area contributed by atoms with Crippen molar-refractivity contribution < 1.29 is 9.53 Å². The molecule has 0 saturated heterocycles. The number of carbonyl (C=O) groups is 1. The fourth-order valence-corrected chi connectivity index (χ4v) is 3.40. The molecule has 6 nitrogen and oxygen atoms in total. The average Bonchev–Trinajstić information content (AvgIpc) is 2.95. The molecule has 0 bridgehead atoms. The average molecular weight is 393 g/mol. The number of ether oxygens (including phenoxy) is 1. The molecule has 7 heteroatoms. The van der Waals surface area contributed by atoms with E-state index >= 15 is 0 Å². The molecule has 0 radical (unpaired) electrons. The Balaban J connectivity index is 1.65. The summed E-state index contributed by atoms with van der Waals surface area (Å²) in [6, 6.07) is 14.5. The molecule has 2 N–H and O–H groups in total. The van der Waals surface area contributed by atoms with Gasteiger partial charge in [-0.1, -0.05) is 17.7 Å². The Morgan fingerprint density at radius 2 is 1.89 bits per heavy atom. The van der Waals surface area contributed by atoms with Crippen molar-refractivity contribution in [1.82, 2.24) is 14.8 Å². The fourth-order valence-electron chi connectivity index (χ4n) is 3.13. The largest absolute Gasteiger partial charge is 0.457 e. The summed E-state index contributed by atoms with van der Waals surface area (Å²) in [5.74, 6) is 0.784. The van der Waals surface area contributed by atoms with E-state index in [9.17, 15) is 4.79 Å². The molecule has 1 amide bonds. The number of hydrogen-bond acceptors (Lipinski definition) is 4. The van der Waals surface area contributed by atoms with Gasteiger partial charge in [0.15, 0.2) is 0 Å². The van der Waals surface area contributed by atoms with Crippen LogP contribution in [0.1, 0.15) is 16.1 Å². The Labute approximate surface area is 166 Å². The topological polar surface area (TPSA) is 83.0 Å². The first kappa shape index (κ1) is 18.0. The van der Waals surface area contributed by atoms with Gasteiger partial charge in [-0.05, 0) is 43.3 Å². The smallest absolute Gasteiger partial charge is 0.250 e. The summed E-state index contributed by atoms with van der Waals surface area (Å²) >= 11 is 6.15. The van der Waals surface area contributed by atoms with Crippen LogP contribution in [0.25, 0.3) is 22.2 Å². The molecule has 4 rings (SSSR count). The number of aromatic nitrogens is 3. The molecule has 140 valence electrons. The molecule has 0 aliphatic carbocycles. The van der Waals surface area contributed by atoms with Crippen molar-refractivity contribution in [2.75, 3.05) is 0 Å². The van der Waals surface area contributed by atoms with E-state index in [1.165, 1.54) is 0 Å². The highest BCUT2D eigenvalue weighted by atomic mass is 35.5. The summed E-state index contributed by atoms with van der Waals surface area (Å²) in [6.07, 6.45) is 1.66. The van der Waals surface area contributed by atoms with Crippen LogP contribution in [-0.2, 0) is 7.05 Å².